The largest absolute Gasteiger partial charge is 0.323 e. The molecule has 0 atom stereocenters. The molecule has 2 nitrogen and oxygen atoms in total. The predicted octanol–water partition coefficient (Wildman–Crippen LogP) is 3.24. The van der Waals surface area contributed by atoms with E-state index in [0.717, 1.165) is 11.3 Å². The normalized spacial score (nSPS) is 12.3. The lowest BCUT2D eigenvalue weighted by Crippen LogP contribution is -2.22. The average Bonchev–Trinajstić information content (AvgIpc) is 2.41. The summed E-state index contributed by atoms with van der Waals surface area (Å²) in [4.78, 5) is 4.27. The highest BCUT2D eigenvalue weighted by molar-refractivity contribution is 5.77. The lowest BCUT2D eigenvalue weighted by Gasteiger charge is -2.23. The van der Waals surface area contributed by atoms with Gasteiger partial charge in [0.25, 0.3) is 0 Å². The van der Waals surface area contributed by atoms with E-state index in [1.165, 1.54) is 6.07 Å². The van der Waals surface area contributed by atoms with Gasteiger partial charge in [-0.3, -0.25) is 0 Å². The van der Waals surface area contributed by atoms with E-state index in [4.69, 9.17) is 0 Å². The van der Waals surface area contributed by atoms with Gasteiger partial charge in [-0.05, 0) is 39.8 Å². The van der Waals surface area contributed by atoms with E-state index in [0.29, 0.717) is 5.52 Å². The maximum Gasteiger partial charge on any atom is 0.151 e. The van der Waals surface area contributed by atoms with Gasteiger partial charge in [0.1, 0.15) is 11.3 Å². The van der Waals surface area contributed by atoms with Crippen LogP contribution >= 0.6 is 0 Å². The van der Waals surface area contributed by atoms with E-state index in [1.807, 2.05) is 13.0 Å². The minimum absolute atomic E-state index is 0.0768. The monoisotopic (exact) mass is 206 g/mol. The van der Waals surface area contributed by atoms with Gasteiger partial charge in [-0.15, -0.1) is 0 Å². The van der Waals surface area contributed by atoms with Crippen molar-refractivity contribution >= 4 is 11.0 Å². The van der Waals surface area contributed by atoms with E-state index in [1.54, 1.807) is 6.07 Å². The molecule has 15 heavy (non-hydrogen) atoms. The van der Waals surface area contributed by atoms with Crippen molar-refractivity contribution in [2.45, 2.75) is 33.2 Å². The van der Waals surface area contributed by atoms with Crippen LogP contribution in [0.25, 0.3) is 11.0 Å². The SMILES string of the molecule is Cc1nc2c(F)cccc2n1C(C)(C)C. The summed E-state index contributed by atoms with van der Waals surface area (Å²) in [6, 6.07) is 5.08. The van der Waals surface area contributed by atoms with Crippen molar-refractivity contribution < 1.29 is 4.39 Å². The lowest BCUT2D eigenvalue weighted by atomic mass is 10.1. The van der Waals surface area contributed by atoms with E-state index in [9.17, 15) is 4.39 Å². The van der Waals surface area contributed by atoms with Crippen LogP contribution in [0.15, 0.2) is 18.2 Å². The van der Waals surface area contributed by atoms with Crippen LogP contribution in [-0.2, 0) is 5.54 Å². The molecule has 0 aliphatic carbocycles. The fourth-order valence-corrected chi connectivity index (χ4v) is 2.03. The molecule has 0 radical (unpaired) electrons. The van der Waals surface area contributed by atoms with Crippen LogP contribution in [0.5, 0.6) is 0 Å². The highest BCUT2D eigenvalue weighted by Crippen LogP contribution is 2.25. The highest BCUT2D eigenvalue weighted by atomic mass is 19.1. The number of rotatable bonds is 0. The third kappa shape index (κ3) is 1.52. The number of halogens is 1. The van der Waals surface area contributed by atoms with Gasteiger partial charge >= 0.3 is 0 Å². The number of benzene rings is 1. The molecule has 0 fully saturated rings. The molecule has 0 bridgehead atoms. The molecule has 0 unspecified atom stereocenters. The Morgan fingerprint density at radius 1 is 1.27 bits per heavy atom. The molecule has 1 heterocycles. The van der Waals surface area contributed by atoms with E-state index >= 15 is 0 Å². The molecule has 2 rings (SSSR count). The lowest BCUT2D eigenvalue weighted by molar-refractivity contribution is 0.399. The van der Waals surface area contributed by atoms with E-state index in [2.05, 4.69) is 30.3 Å². The number of para-hydroxylation sites is 1. The molecule has 80 valence electrons. The third-order valence-corrected chi connectivity index (χ3v) is 2.47. The molecule has 0 aliphatic heterocycles. The molecule has 0 spiro atoms. The molecule has 3 heteroatoms. The topological polar surface area (TPSA) is 17.8 Å². The van der Waals surface area contributed by atoms with Crippen molar-refractivity contribution in [3.05, 3.63) is 29.8 Å². The summed E-state index contributed by atoms with van der Waals surface area (Å²) in [7, 11) is 0. The Balaban J connectivity index is 2.86. The van der Waals surface area contributed by atoms with Crippen molar-refractivity contribution in [1.29, 1.82) is 0 Å². The third-order valence-electron chi connectivity index (χ3n) is 2.47. The van der Waals surface area contributed by atoms with Crippen molar-refractivity contribution in [3.63, 3.8) is 0 Å². The van der Waals surface area contributed by atoms with E-state index < -0.39 is 0 Å². The highest BCUT2D eigenvalue weighted by Gasteiger charge is 2.20. The summed E-state index contributed by atoms with van der Waals surface area (Å²) in [5, 5.41) is 0. The molecule has 1 aromatic carbocycles. The summed E-state index contributed by atoms with van der Waals surface area (Å²) >= 11 is 0. The first-order chi connectivity index (χ1) is 6.91. The Bertz CT molecular complexity index is 506. The summed E-state index contributed by atoms with van der Waals surface area (Å²) < 4.78 is 15.6. The second-order valence-corrected chi connectivity index (χ2v) is 4.77. The van der Waals surface area contributed by atoms with E-state index in [-0.39, 0.29) is 11.4 Å². The number of fused-ring (bicyclic) bond motifs is 1. The van der Waals surface area contributed by atoms with Gasteiger partial charge in [0.05, 0.1) is 5.52 Å². The maximum absolute atomic E-state index is 13.5. The van der Waals surface area contributed by atoms with Crippen LogP contribution in [0.4, 0.5) is 4.39 Å². The Morgan fingerprint density at radius 3 is 2.53 bits per heavy atom. The second kappa shape index (κ2) is 3.05. The van der Waals surface area contributed by atoms with Crippen LogP contribution in [0, 0.1) is 12.7 Å². The molecule has 0 saturated carbocycles. The minimum Gasteiger partial charge on any atom is -0.323 e. The van der Waals surface area contributed by atoms with Crippen molar-refractivity contribution in [1.82, 2.24) is 9.55 Å². The summed E-state index contributed by atoms with van der Waals surface area (Å²) in [6.07, 6.45) is 0. The minimum atomic E-state index is -0.251. The Morgan fingerprint density at radius 2 is 1.93 bits per heavy atom. The quantitative estimate of drug-likeness (QED) is 0.647. The van der Waals surface area contributed by atoms with Crippen molar-refractivity contribution in [3.8, 4) is 0 Å². The molecule has 0 amide bonds. The second-order valence-electron chi connectivity index (χ2n) is 4.77. The first-order valence-corrected chi connectivity index (χ1v) is 5.05. The predicted molar refractivity (Wildman–Crippen MR) is 59.4 cm³/mol. The van der Waals surface area contributed by atoms with Gasteiger partial charge in [0.15, 0.2) is 5.82 Å². The van der Waals surface area contributed by atoms with Gasteiger partial charge in [0, 0.05) is 5.54 Å². The maximum atomic E-state index is 13.5. The zero-order chi connectivity index (χ0) is 11.2. The Kier molecular flexibility index (Phi) is 2.07. The van der Waals surface area contributed by atoms with Crippen LogP contribution < -0.4 is 0 Å². The van der Waals surface area contributed by atoms with Crippen LogP contribution in [0.2, 0.25) is 0 Å². The molecule has 0 saturated heterocycles. The van der Waals surface area contributed by atoms with Crippen LogP contribution in [-0.4, -0.2) is 9.55 Å². The number of aromatic nitrogens is 2. The molecular weight excluding hydrogens is 191 g/mol. The number of imidazole rings is 1. The summed E-state index contributed by atoms with van der Waals surface area (Å²) in [5.74, 6) is 0.598. The molecule has 0 aliphatic rings. The van der Waals surface area contributed by atoms with Crippen molar-refractivity contribution in [2.75, 3.05) is 0 Å². The molecular formula is C12H15FN2. The number of hydrogen-bond acceptors (Lipinski definition) is 1. The van der Waals surface area contributed by atoms with Crippen LogP contribution in [0.3, 0.4) is 0 Å². The fourth-order valence-electron chi connectivity index (χ4n) is 2.03. The first-order valence-electron chi connectivity index (χ1n) is 5.05. The Labute approximate surface area is 88.7 Å². The van der Waals surface area contributed by atoms with Gasteiger partial charge in [0.2, 0.25) is 0 Å². The van der Waals surface area contributed by atoms with Crippen molar-refractivity contribution in [2.24, 2.45) is 0 Å². The number of hydrogen-bond donors (Lipinski definition) is 0. The Hall–Kier alpha value is -1.38. The molecule has 2 aromatic rings. The molecule has 1 aromatic heterocycles. The first kappa shape index (κ1) is 10.1. The molecule has 0 N–H and O–H groups in total. The zero-order valence-electron chi connectivity index (χ0n) is 9.50. The average molecular weight is 206 g/mol. The van der Waals surface area contributed by atoms with Gasteiger partial charge in [-0.2, -0.15) is 0 Å². The number of nitrogens with zero attached hydrogens (tertiary/aromatic N) is 2. The summed E-state index contributed by atoms with van der Waals surface area (Å²) in [6.45, 7) is 8.18. The van der Waals surface area contributed by atoms with Gasteiger partial charge < -0.3 is 4.57 Å². The van der Waals surface area contributed by atoms with Gasteiger partial charge in [-0.25, -0.2) is 9.37 Å². The van der Waals surface area contributed by atoms with Crippen LogP contribution in [0.1, 0.15) is 26.6 Å². The standard InChI is InChI=1S/C12H15FN2/c1-8-14-11-9(13)6-5-7-10(11)15(8)12(2,3)4/h5-7H,1-4H3. The smallest absolute Gasteiger partial charge is 0.151 e. The zero-order valence-corrected chi connectivity index (χ0v) is 9.50. The van der Waals surface area contributed by atoms with Gasteiger partial charge in [-0.1, -0.05) is 6.07 Å². The fraction of sp³-hybridized carbons (Fsp3) is 0.417. The summed E-state index contributed by atoms with van der Waals surface area (Å²) in [5.41, 5.74) is 1.25. The number of aryl methyl sites for hydroxylation is 1.